The van der Waals surface area contributed by atoms with Gasteiger partial charge in [0.15, 0.2) is 0 Å². The van der Waals surface area contributed by atoms with Crippen molar-refractivity contribution in [2.45, 2.75) is 11.4 Å². The van der Waals surface area contributed by atoms with Crippen molar-refractivity contribution in [1.29, 1.82) is 0 Å². The maximum atomic E-state index is 13.5. The molecule has 3 aromatic rings. The van der Waals surface area contributed by atoms with E-state index in [1.165, 1.54) is 18.5 Å². The summed E-state index contributed by atoms with van der Waals surface area (Å²) in [5, 5.41) is 0.748. The van der Waals surface area contributed by atoms with Gasteiger partial charge in [0.05, 0.1) is 41.4 Å². The van der Waals surface area contributed by atoms with Gasteiger partial charge in [0.25, 0.3) is 10.0 Å². The number of anilines is 1. The minimum absolute atomic E-state index is 0.0385. The van der Waals surface area contributed by atoms with Crippen molar-refractivity contribution >= 4 is 38.9 Å². The first-order chi connectivity index (χ1) is 13.9. The van der Waals surface area contributed by atoms with Crippen LogP contribution in [0.1, 0.15) is 5.56 Å². The summed E-state index contributed by atoms with van der Waals surface area (Å²) in [5.41, 5.74) is 1.06. The summed E-state index contributed by atoms with van der Waals surface area (Å²) < 4.78 is 38.9. The largest absolute Gasteiger partial charge is 0.497 e. The van der Waals surface area contributed by atoms with Crippen LogP contribution in [0, 0.1) is 0 Å². The van der Waals surface area contributed by atoms with Crippen molar-refractivity contribution < 1.29 is 17.9 Å². The molecule has 5 nitrogen and oxygen atoms in total. The summed E-state index contributed by atoms with van der Waals surface area (Å²) in [6, 6.07) is 18.2. The molecule has 0 saturated heterocycles. The van der Waals surface area contributed by atoms with Crippen LogP contribution in [0.25, 0.3) is 0 Å². The van der Waals surface area contributed by atoms with Crippen molar-refractivity contribution in [2.24, 2.45) is 0 Å². The summed E-state index contributed by atoms with van der Waals surface area (Å²) in [5.74, 6) is 0.918. The normalized spacial score (nSPS) is 11.2. The quantitative estimate of drug-likeness (QED) is 0.481. The molecular weight excluding hydrogens is 433 g/mol. The Morgan fingerprint density at radius 1 is 0.862 bits per heavy atom. The molecule has 0 saturated carbocycles. The summed E-state index contributed by atoms with van der Waals surface area (Å²) in [6.07, 6.45) is 0. The van der Waals surface area contributed by atoms with E-state index in [4.69, 9.17) is 32.7 Å². The predicted molar refractivity (Wildman–Crippen MR) is 116 cm³/mol. The summed E-state index contributed by atoms with van der Waals surface area (Å²) in [6.45, 7) is 0.0385. The highest BCUT2D eigenvalue weighted by Gasteiger charge is 2.28. The average molecular weight is 452 g/mol. The molecule has 3 aromatic carbocycles. The number of sulfonamides is 1. The third kappa shape index (κ3) is 4.61. The highest BCUT2D eigenvalue weighted by molar-refractivity contribution is 7.92. The van der Waals surface area contributed by atoms with E-state index in [0.717, 1.165) is 0 Å². The molecule has 0 N–H and O–H groups in total. The zero-order valence-corrected chi connectivity index (χ0v) is 18.1. The van der Waals surface area contributed by atoms with E-state index in [1.807, 2.05) is 0 Å². The van der Waals surface area contributed by atoms with Crippen molar-refractivity contribution in [1.82, 2.24) is 0 Å². The predicted octanol–water partition coefficient (Wildman–Crippen LogP) is 5.41. The van der Waals surface area contributed by atoms with Crippen molar-refractivity contribution in [2.75, 3.05) is 18.5 Å². The Balaban J connectivity index is 2.15. The molecule has 3 rings (SSSR count). The Kier molecular flexibility index (Phi) is 6.57. The Morgan fingerprint density at radius 3 is 2.21 bits per heavy atom. The zero-order valence-electron chi connectivity index (χ0n) is 15.8. The van der Waals surface area contributed by atoms with E-state index in [0.29, 0.717) is 32.8 Å². The lowest BCUT2D eigenvalue weighted by molar-refractivity contribution is 0.394. The molecule has 0 aliphatic heterocycles. The van der Waals surface area contributed by atoms with Crippen LogP contribution in [0.2, 0.25) is 10.0 Å². The van der Waals surface area contributed by atoms with Crippen molar-refractivity contribution in [3.05, 3.63) is 82.3 Å². The van der Waals surface area contributed by atoms with Gasteiger partial charge in [-0.05, 0) is 42.0 Å². The minimum Gasteiger partial charge on any atom is -0.497 e. The Bertz CT molecular complexity index is 1100. The maximum Gasteiger partial charge on any atom is 0.264 e. The van der Waals surface area contributed by atoms with Crippen LogP contribution >= 0.6 is 23.2 Å². The molecule has 0 unspecified atom stereocenters. The molecule has 8 heteroatoms. The number of methoxy groups -OCH3 is 2. The summed E-state index contributed by atoms with van der Waals surface area (Å²) in [4.78, 5) is 0.165. The second-order valence-electron chi connectivity index (χ2n) is 6.11. The average Bonchev–Trinajstić information content (AvgIpc) is 2.74. The van der Waals surface area contributed by atoms with Crippen LogP contribution in [0.15, 0.2) is 71.6 Å². The molecule has 0 heterocycles. The Morgan fingerprint density at radius 2 is 1.59 bits per heavy atom. The minimum atomic E-state index is -3.89. The van der Waals surface area contributed by atoms with Gasteiger partial charge in [-0.3, -0.25) is 4.31 Å². The van der Waals surface area contributed by atoms with Gasteiger partial charge < -0.3 is 9.47 Å². The van der Waals surface area contributed by atoms with E-state index in [9.17, 15) is 8.42 Å². The third-order valence-electron chi connectivity index (χ3n) is 4.30. The van der Waals surface area contributed by atoms with E-state index < -0.39 is 10.0 Å². The molecule has 152 valence electrons. The van der Waals surface area contributed by atoms with E-state index in [1.54, 1.807) is 66.7 Å². The zero-order chi connectivity index (χ0) is 21.0. The van der Waals surface area contributed by atoms with E-state index in [2.05, 4.69) is 0 Å². The van der Waals surface area contributed by atoms with Crippen LogP contribution in [0.5, 0.6) is 11.5 Å². The van der Waals surface area contributed by atoms with Gasteiger partial charge in [-0.15, -0.1) is 0 Å². The first kappa shape index (κ1) is 21.3. The maximum absolute atomic E-state index is 13.5. The fourth-order valence-electron chi connectivity index (χ4n) is 2.81. The smallest absolute Gasteiger partial charge is 0.264 e. The first-order valence-corrected chi connectivity index (χ1v) is 10.8. The number of hydrogen-bond donors (Lipinski definition) is 0. The number of nitrogens with zero attached hydrogens (tertiary/aromatic N) is 1. The standard InChI is InChI=1S/C21H19Cl2NO4S/c1-27-16-9-11-20(21(13-16)28-2)24(14-15-8-10-18(22)19(23)12-15)29(25,26)17-6-4-3-5-7-17/h3-13H,14H2,1-2H3. The number of benzene rings is 3. The second-order valence-corrected chi connectivity index (χ2v) is 8.79. The summed E-state index contributed by atoms with van der Waals surface area (Å²) >= 11 is 12.1. The fraction of sp³-hybridized carbons (Fsp3) is 0.143. The van der Waals surface area contributed by atoms with Gasteiger partial charge in [-0.25, -0.2) is 8.42 Å². The Hall–Kier alpha value is -2.41. The number of hydrogen-bond acceptors (Lipinski definition) is 4. The lowest BCUT2D eigenvalue weighted by atomic mass is 10.2. The molecule has 0 aliphatic carbocycles. The van der Waals surface area contributed by atoms with Crippen molar-refractivity contribution in [3.8, 4) is 11.5 Å². The molecule has 0 aromatic heterocycles. The topological polar surface area (TPSA) is 55.8 Å². The van der Waals surface area contributed by atoms with Gasteiger partial charge in [0, 0.05) is 6.07 Å². The fourth-order valence-corrected chi connectivity index (χ4v) is 4.62. The molecule has 0 atom stereocenters. The van der Waals surface area contributed by atoms with E-state index in [-0.39, 0.29) is 11.4 Å². The van der Waals surface area contributed by atoms with Crippen LogP contribution in [0.4, 0.5) is 5.69 Å². The van der Waals surface area contributed by atoms with E-state index >= 15 is 0 Å². The van der Waals surface area contributed by atoms with Crippen LogP contribution < -0.4 is 13.8 Å². The number of rotatable bonds is 7. The number of ether oxygens (including phenoxy) is 2. The lowest BCUT2D eigenvalue weighted by Gasteiger charge is -2.26. The highest BCUT2D eigenvalue weighted by atomic mass is 35.5. The van der Waals surface area contributed by atoms with Crippen LogP contribution in [-0.4, -0.2) is 22.6 Å². The Labute approximate surface area is 180 Å². The molecule has 0 bridgehead atoms. The molecule has 0 fully saturated rings. The highest BCUT2D eigenvalue weighted by Crippen LogP contribution is 2.37. The summed E-state index contributed by atoms with van der Waals surface area (Å²) in [7, 11) is -0.884. The first-order valence-electron chi connectivity index (χ1n) is 8.60. The molecule has 0 aliphatic rings. The van der Waals surface area contributed by atoms with Crippen molar-refractivity contribution in [3.63, 3.8) is 0 Å². The lowest BCUT2D eigenvalue weighted by Crippen LogP contribution is -2.31. The molecule has 0 radical (unpaired) electrons. The van der Waals surface area contributed by atoms with Crippen LogP contribution in [-0.2, 0) is 16.6 Å². The second kappa shape index (κ2) is 8.95. The molecule has 0 amide bonds. The third-order valence-corrected chi connectivity index (χ3v) is 6.81. The van der Waals surface area contributed by atoms with Gasteiger partial charge in [0.2, 0.25) is 0 Å². The monoisotopic (exact) mass is 451 g/mol. The van der Waals surface area contributed by atoms with Gasteiger partial charge >= 0.3 is 0 Å². The molecule has 0 spiro atoms. The van der Waals surface area contributed by atoms with Gasteiger partial charge in [-0.1, -0.05) is 47.5 Å². The van der Waals surface area contributed by atoms with Gasteiger partial charge in [0.1, 0.15) is 11.5 Å². The SMILES string of the molecule is COc1ccc(N(Cc2ccc(Cl)c(Cl)c2)S(=O)(=O)c2ccccc2)c(OC)c1. The molecular formula is C21H19Cl2NO4S. The molecule has 29 heavy (non-hydrogen) atoms. The van der Waals surface area contributed by atoms with Crippen LogP contribution in [0.3, 0.4) is 0 Å². The van der Waals surface area contributed by atoms with Gasteiger partial charge in [-0.2, -0.15) is 0 Å². The number of halogens is 2.